The highest BCUT2D eigenvalue weighted by atomic mass is 79.9. The van der Waals surface area contributed by atoms with Crippen LogP contribution in [0.3, 0.4) is 0 Å². The number of halogens is 1. The van der Waals surface area contributed by atoms with E-state index in [2.05, 4.69) is 88.0 Å². The lowest BCUT2D eigenvalue weighted by Crippen LogP contribution is -2.40. The lowest BCUT2D eigenvalue weighted by atomic mass is 9.78. The van der Waals surface area contributed by atoms with Crippen molar-refractivity contribution in [3.8, 4) is 11.5 Å². The second-order valence-electron chi connectivity index (χ2n) is 7.83. The maximum Gasteiger partial charge on any atom is 0.231 e. The molecular weight excluding hydrogens is 466 g/mol. The average molecular weight is 486 g/mol. The molecule has 32 heavy (non-hydrogen) atoms. The van der Waals surface area contributed by atoms with Crippen LogP contribution in [0.15, 0.2) is 102 Å². The van der Waals surface area contributed by atoms with Crippen LogP contribution in [0.2, 0.25) is 0 Å². The van der Waals surface area contributed by atoms with E-state index in [9.17, 15) is 0 Å². The highest BCUT2D eigenvalue weighted by Gasteiger charge is 2.45. The Morgan fingerprint density at radius 3 is 2.03 bits per heavy atom. The Kier molecular flexibility index (Phi) is 4.67. The molecule has 2 heterocycles. The van der Waals surface area contributed by atoms with Gasteiger partial charge in [0.1, 0.15) is 5.60 Å². The van der Waals surface area contributed by atoms with E-state index in [-0.39, 0.29) is 6.79 Å². The largest absolute Gasteiger partial charge is 0.454 e. The molecule has 0 bridgehead atoms. The Morgan fingerprint density at radius 1 is 0.750 bits per heavy atom. The van der Waals surface area contributed by atoms with Gasteiger partial charge >= 0.3 is 0 Å². The fourth-order valence-electron chi connectivity index (χ4n) is 4.56. The summed E-state index contributed by atoms with van der Waals surface area (Å²) < 4.78 is 19.2. The summed E-state index contributed by atoms with van der Waals surface area (Å²) >= 11 is 3.72. The SMILES string of the molecule is Brc1cc2c(cc1C1Nc3ccccc3C(c3ccccc3)(c3ccccc3)O1)OCO2. The first-order valence-corrected chi connectivity index (χ1v) is 11.3. The van der Waals surface area contributed by atoms with Gasteiger partial charge in [0.25, 0.3) is 0 Å². The first kappa shape index (κ1) is 19.4. The molecule has 0 saturated heterocycles. The number of hydrogen-bond donors (Lipinski definition) is 1. The number of rotatable bonds is 3. The number of nitrogens with one attached hydrogen (secondary N) is 1. The zero-order valence-electron chi connectivity index (χ0n) is 17.1. The summed E-state index contributed by atoms with van der Waals surface area (Å²) in [5.41, 5.74) is 4.40. The van der Waals surface area contributed by atoms with Crippen LogP contribution in [0, 0.1) is 0 Å². The Hall–Kier alpha value is -3.28. The van der Waals surface area contributed by atoms with Crippen LogP contribution in [0.5, 0.6) is 11.5 Å². The van der Waals surface area contributed by atoms with Crippen LogP contribution in [0.4, 0.5) is 5.69 Å². The highest BCUT2D eigenvalue weighted by molar-refractivity contribution is 9.10. The summed E-state index contributed by atoms with van der Waals surface area (Å²) in [4.78, 5) is 0. The molecule has 5 heteroatoms. The molecule has 1 N–H and O–H groups in total. The number of hydrogen-bond acceptors (Lipinski definition) is 4. The van der Waals surface area contributed by atoms with Crippen molar-refractivity contribution in [1.82, 2.24) is 0 Å². The molecule has 0 fully saturated rings. The van der Waals surface area contributed by atoms with Gasteiger partial charge in [-0.3, -0.25) is 0 Å². The first-order valence-electron chi connectivity index (χ1n) is 10.5. The number of ether oxygens (including phenoxy) is 3. The van der Waals surface area contributed by atoms with Crippen molar-refractivity contribution >= 4 is 21.6 Å². The number of anilines is 1. The van der Waals surface area contributed by atoms with Crippen LogP contribution in [-0.4, -0.2) is 6.79 Å². The minimum atomic E-state index is -0.787. The summed E-state index contributed by atoms with van der Waals surface area (Å²) in [6, 6.07) is 33.0. The highest BCUT2D eigenvalue weighted by Crippen LogP contribution is 2.51. The van der Waals surface area contributed by atoms with Gasteiger partial charge in [0.15, 0.2) is 17.7 Å². The van der Waals surface area contributed by atoms with Crippen molar-refractivity contribution in [2.24, 2.45) is 0 Å². The van der Waals surface area contributed by atoms with E-state index in [1.54, 1.807) is 0 Å². The van der Waals surface area contributed by atoms with Crippen LogP contribution in [-0.2, 0) is 10.3 Å². The molecule has 4 aromatic rings. The lowest BCUT2D eigenvalue weighted by molar-refractivity contribution is -0.0436. The van der Waals surface area contributed by atoms with E-state index in [0.29, 0.717) is 0 Å². The van der Waals surface area contributed by atoms with Gasteiger partial charge in [-0.15, -0.1) is 0 Å². The maximum absolute atomic E-state index is 7.06. The third-order valence-electron chi connectivity index (χ3n) is 6.02. The molecule has 0 spiro atoms. The van der Waals surface area contributed by atoms with Gasteiger partial charge in [-0.1, -0.05) is 94.8 Å². The van der Waals surface area contributed by atoms with E-state index in [4.69, 9.17) is 14.2 Å². The summed E-state index contributed by atoms with van der Waals surface area (Å²) in [5, 5.41) is 3.59. The van der Waals surface area contributed by atoms with Crippen molar-refractivity contribution in [2.45, 2.75) is 11.8 Å². The minimum Gasteiger partial charge on any atom is -0.454 e. The van der Waals surface area contributed by atoms with Crippen LogP contribution in [0.25, 0.3) is 0 Å². The van der Waals surface area contributed by atoms with E-state index in [1.807, 2.05) is 30.3 Å². The van der Waals surface area contributed by atoms with Gasteiger partial charge in [0.2, 0.25) is 6.79 Å². The monoisotopic (exact) mass is 485 g/mol. The quantitative estimate of drug-likeness (QED) is 0.354. The van der Waals surface area contributed by atoms with Crippen LogP contribution >= 0.6 is 15.9 Å². The predicted molar refractivity (Wildman–Crippen MR) is 127 cm³/mol. The minimum absolute atomic E-state index is 0.227. The molecule has 0 aliphatic carbocycles. The summed E-state index contributed by atoms with van der Waals surface area (Å²) in [6.07, 6.45) is -0.422. The van der Waals surface area contributed by atoms with Gasteiger partial charge in [-0.2, -0.15) is 0 Å². The topological polar surface area (TPSA) is 39.7 Å². The Labute approximate surface area is 194 Å². The smallest absolute Gasteiger partial charge is 0.231 e. The molecule has 0 aromatic heterocycles. The van der Waals surface area contributed by atoms with Crippen molar-refractivity contribution in [2.75, 3.05) is 12.1 Å². The first-order chi connectivity index (χ1) is 15.8. The second kappa shape index (κ2) is 7.69. The zero-order valence-corrected chi connectivity index (χ0v) is 18.7. The van der Waals surface area contributed by atoms with E-state index < -0.39 is 11.8 Å². The van der Waals surface area contributed by atoms with Gasteiger partial charge < -0.3 is 19.5 Å². The number of para-hydroxylation sites is 1. The van der Waals surface area contributed by atoms with Gasteiger partial charge in [0, 0.05) is 21.3 Å². The normalized spacial score (nSPS) is 18.0. The third-order valence-corrected chi connectivity index (χ3v) is 6.71. The average Bonchev–Trinajstić information content (AvgIpc) is 3.31. The predicted octanol–water partition coefficient (Wildman–Crippen LogP) is 6.61. The van der Waals surface area contributed by atoms with Crippen molar-refractivity contribution in [3.05, 3.63) is 124 Å². The molecule has 158 valence electrons. The zero-order chi connectivity index (χ0) is 21.5. The molecule has 2 aliphatic heterocycles. The molecule has 0 saturated carbocycles. The second-order valence-corrected chi connectivity index (χ2v) is 8.68. The van der Waals surface area contributed by atoms with Gasteiger partial charge in [-0.05, 0) is 29.3 Å². The molecule has 2 aliphatic rings. The fourth-order valence-corrected chi connectivity index (χ4v) is 5.09. The summed E-state index contributed by atoms with van der Waals surface area (Å²) in [5.74, 6) is 1.45. The molecular formula is C27H20BrNO3. The van der Waals surface area contributed by atoms with E-state index >= 15 is 0 Å². The van der Waals surface area contributed by atoms with Crippen LogP contribution in [0.1, 0.15) is 28.5 Å². The molecule has 1 unspecified atom stereocenters. The molecule has 4 nitrogen and oxygen atoms in total. The number of benzene rings is 4. The molecule has 0 amide bonds. The molecule has 1 atom stereocenters. The summed E-state index contributed by atoms with van der Waals surface area (Å²) in [7, 11) is 0. The van der Waals surface area contributed by atoms with Gasteiger partial charge in [0.05, 0.1) is 0 Å². The van der Waals surface area contributed by atoms with Crippen LogP contribution < -0.4 is 14.8 Å². The Balaban J connectivity index is 1.59. The summed E-state index contributed by atoms with van der Waals surface area (Å²) in [6.45, 7) is 0.227. The molecule has 0 radical (unpaired) electrons. The van der Waals surface area contributed by atoms with E-state index in [0.717, 1.165) is 43.9 Å². The third kappa shape index (κ3) is 3.00. The van der Waals surface area contributed by atoms with Crippen molar-refractivity contribution in [3.63, 3.8) is 0 Å². The molecule has 6 rings (SSSR count). The Morgan fingerprint density at radius 2 is 1.34 bits per heavy atom. The standard InChI is InChI=1S/C27H20BrNO3/c28-22-16-25-24(30-17-31-25)15-20(22)26-29-23-14-8-7-13-21(23)27(32-26,18-9-3-1-4-10-18)19-11-5-2-6-12-19/h1-16,26,29H,17H2. The molecule has 4 aromatic carbocycles. The van der Waals surface area contributed by atoms with E-state index in [1.165, 1.54) is 0 Å². The number of fused-ring (bicyclic) bond motifs is 2. The fraction of sp³-hybridized carbons (Fsp3) is 0.111. The van der Waals surface area contributed by atoms with Gasteiger partial charge in [-0.25, -0.2) is 0 Å². The van der Waals surface area contributed by atoms with Crippen molar-refractivity contribution < 1.29 is 14.2 Å². The van der Waals surface area contributed by atoms with Crippen molar-refractivity contribution in [1.29, 1.82) is 0 Å². The lowest BCUT2D eigenvalue weighted by Gasteiger charge is -2.44. The Bertz CT molecular complexity index is 1240. The maximum atomic E-state index is 7.06.